The maximum absolute atomic E-state index is 5.74. The Morgan fingerprint density at radius 1 is 1.50 bits per heavy atom. The molecule has 1 rings (SSSR count). The Bertz CT molecular complexity index is 192. The average Bonchev–Trinajstić information content (AvgIpc) is 1.88. The molecule has 0 saturated carbocycles. The summed E-state index contributed by atoms with van der Waals surface area (Å²) >= 11 is 0. The van der Waals surface area contributed by atoms with E-state index in [-0.39, 0.29) is 0 Å². The van der Waals surface area contributed by atoms with Gasteiger partial charge in [0.15, 0.2) is 5.57 Å². The smallest absolute Gasteiger partial charge is 0.0468 e. The molecule has 1 aliphatic carbocycles. The van der Waals surface area contributed by atoms with E-state index in [0.29, 0.717) is 5.92 Å². The first kappa shape index (κ1) is 7.24. The SMILES string of the molecule is [CH+]=C1C=CCC=C1C(C)C. The maximum atomic E-state index is 5.74. The highest BCUT2D eigenvalue weighted by Gasteiger charge is 2.16. The summed E-state index contributed by atoms with van der Waals surface area (Å²) in [6, 6.07) is 0. The Balaban J connectivity index is 2.76. The summed E-state index contributed by atoms with van der Waals surface area (Å²) in [5.41, 5.74) is 2.23. The Labute approximate surface area is 62.9 Å². The van der Waals surface area contributed by atoms with Crippen molar-refractivity contribution in [2.24, 2.45) is 5.92 Å². The highest BCUT2D eigenvalue weighted by Crippen LogP contribution is 2.22. The van der Waals surface area contributed by atoms with Gasteiger partial charge >= 0.3 is 0 Å². The molecule has 0 fully saturated rings. The lowest BCUT2D eigenvalue weighted by Gasteiger charge is -2.04. The quantitative estimate of drug-likeness (QED) is 0.482. The van der Waals surface area contributed by atoms with E-state index in [0.717, 1.165) is 12.0 Å². The molecule has 0 nitrogen and oxygen atoms in total. The molecule has 0 heteroatoms. The van der Waals surface area contributed by atoms with Gasteiger partial charge in [-0.15, -0.1) is 0 Å². The topological polar surface area (TPSA) is 0 Å². The van der Waals surface area contributed by atoms with Crippen molar-refractivity contribution >= 4 is 0 Å². The fraction of sp³-hybridized carbons (Fsp3) is 0.400. The van der Waals surface area contributed by atoms with Gasteiger partial charge in [-0.05, 0) is 26.0 Å². The minimum Gasteiger partial charge on any atom is -0.0468 e. The summed E-state index contributed by atoms with van der Waals surface area (Å²) in [6.45, 7) is 10.1. The van der Waals surface area contributed by atoms with Crippen LogP contribution in [0, 0.1) is 12.5 Å². The lowest BCUT2D eigenvalue weighted by Crippen LogP contribution is -1.97. The third-order valence-corrected chi connectivity index (χ3v) is 1.73. The second-order valence-electron chi connectivity index (χ2n) is 2.91. The lowest BCUT2D eigenvalue weighted by molar-refractivity contribution is 0.775. The minimum atomic E-state index is 0.560. The zero-order valence-electron chi connectivity index (χ0n) is 6.59. The molecule has 0 bridgehead atoms. The molecule has 10 heavy (non-hydrogen) atoms. The molecule has 0 amide bonds. The van der Waals surface area contributed by atoms with Crippen LogP contribution in [0.1, 0.15) is 20.3 Å². The van der Waals surface area contributed by atoms with Crippen LogP contribution in [-0.2, 0) is 0 Å². The molecular formula is C10H13+. The van der Waals surface area contributed by atoms with Crippen LogP contribution >= 0.6 is 0 Å². The van der Waals surface area contributed by atoms with Gasteiger partial charge < -0.3 is 0 Å². The van der Waals surface area contributed by atoms with E-state index in [9.17, 15) is 0 Å². The van der Waals surface area contributed by atoms with Gasteiger partial charge in [0.05, 0.1) is 11.6 Å². The second-order valence-corrected chi connectivity index (χ2v) is 2.91. The molecule has 0 aromatic carbocycles. The van der Waals surface area contributed by atoms with E-state index < -0.39 is 0 Å². The molecule has 0 N–H and O–H groups in total. The predicted molar refractivity (Wildman–Crippen MR) is 44.5 cm³/mol. The Kier molecular flexibility index (Phi) is 2.03. The molecule has 0 aromatic heterocycles. The van der Waals surface area contributed by atoms with Crippen molar-refractivity contribution in [3.63, 3.8) is 0 Å². The maximum Gasteiger partial charge on any atom is 0.183 e. The van der Waals surface area contributed by atoms with E-state index in [1.807, 2.05) is 6.08 Å². The molecule has 0 aliphatic heterocycles. The van der Waals surface area contributed by atoms with Crippen LogP contribution in [0.25, 0.3) is 0 Å². The van der Waals surface area contributed by atoms with Gasteiger partial charge in [-0.3, -0.25) is 0 Å². The van der Waals surface area contributed by atoms with Gasteiger partial charge in [0.2, 0.25) is 0 Å². The molecule has 0 radical (unpaired) electrons. The Hall–Kier alpha value is -0.870. The van der Waals surface area contributed by atoms with Crippen molar-refractivity contribution in [2.45, 2.75) is 20.3 Å². The van der Waals surface area contributed by atoms with Crippen molar-refractivity contribution in [1.82, 2.24) is 0 Å². The standard InChI is InChI=1S/C10H13/c1-8(2)10-7-5-4-6-9(10)3/h3-4,6-8H,5H2,1-2H3/q+1. The van der Waals surface area contributed by atoms with Crippen LogP contribution in [0.15, 0.2) is 29.4 Å². The van der Waals surface area contributed by atoms with Gasteiger partial charge in [0.25, 0.3) is 0 Å². The highest BCUT2D eigenvalue weighted by molar-refractivity contribution is 5.40. The molecule has 0 atom stereocenters. The first-order valence-electron chi connectivity index (χ1n) is 3.71. The van der Waals surface area contributed by atoms with Crippen molar-refractivity contribution < 1.29 is 0 Å². The van der Waals surface area contributed by atoms with E-state index in [1.54, 1.807) is 0 Å². The molecule has 0 heterocycles. The third kappa shape index (κ3) is 1.34. The Morgan fingerprint density at radius 3 is 2.60 bits per heavy atom. The largest absolute Gasteiger partial charge is 0.183 e. The normalized spacial score (nSPS) is 17.8. The average molecular weight is 133 g/mol. The van der Waals surface area contributed by atoms with Crippen LogP contribution in [0.3, 0.4) is 0 Å². The summed E-state index contributed by atoms with van der Waals surface area (Å²) in [6.07, 6.45) is 7.31. The fourth-order valence-corrected chi connectivity index (χ4v) is 1.17. The van der Waals surface area contributed by atoms with Crippen LogP contribution in [-0.4, -0.2) is 0 Å². The van der Waals surface area contributed by atoms with Crippen molar-refractivity contribution in [3.8, 4) is 0 Å². The van der Waals surface area contributed by atoms with E-state index in [4.69, 9.17) is 6.58 Å². The van der Waals surface area contributed by atoms with Gasteiger partial charge in [-0.2, -0.15) is 0 Å². The minimum absolute atomic E-state index is 0.560. The van der Waals surface area contributed by atoms with Crippen LogP contribution in [0.4, 0.5) is 0 Å². The molecule has 0 saturated heterocycles. The molecule has 0 unspecified atom stereocenters. The van der Waals surface area contributed by atoms with Gasteiger partial charge in [-0.25, -0.2) is 0 Å². The van der Waals surface area contributed by atoms with Gasteiger partial charge in [0.1, 0.15) is 0 Å². The zero-order valence-corrected chi connectivity index (χ0v) is 6.59. The second kappa shape index (κ2) is 2.81. The summed E-state index contributed by atoms with van der Waals surface area (Å²) < 4.78 is 0. The van der Waals surface area contributed by atoms with Crippen LogP contribution in [0.2, 0.25) is 0 Å². The van der Waals surface area contributed by atoms with E-state index in [2.05, 4.69) is 26.0 Å². The van der Waals surface area contributed by atoms with Gasteiger partial charge in [-0.1, -0.05) is 0 Å². The molecule has 0 spiro atoms. The fourth-order valence-electron chi connectivity index (χ4n) is 1.17. The number of hydrogen-bond donors (Lipinski definition) is 0. The van der Waals surface area contributed by atoms with Gasteiger partial charge in [0, 0.05) is 18.9 Å². The van der Waals surface area contributed by atoms with E-state index in [1.165, 1.54) is 5.57 Å². The summed E-state index contributed by atoms with van der Waals surface area (Å²) in [7, 11) is 0. The zero-order chi connectivity index (χ0) is 7.56. The number of rotatable bonds is 1. The molecular weight excluding hydrogens is 120 g/mol. The number of allylic oxidation sites excluding steroid dienone is 5. The third-order valence-electron chi connectivity index (χ3n) is 1.73. The first-order chi connectivity index (χ1) is 4.72. The molecule has 0 aromatic rings. The summed E-state index contributed by atoms with van der Waals surface area (Å²) in [5.74, 6) is 0.560. The lowest BCUT2D eigenvalue weighted by atomic mass is 9.92. The predicted octanol–water partition coefficient (Wildman–Crippen LogP) is 2.89. The summed E-state index contributed by atoms with van der Waals surface area (Å²) in [4.78, 5) is 0. The van der Waals surface area contributed by atoms with Crippen LogP contribution < -0.4 is 0 Å². The summed E-state index contributed by atoms with van der Waals surface area (Å²) in [5, 5.41) is 0. The monoisotopic (exact) mass is 133 g/mol. The van der Waals surface area contributed by atoms with Crippen LogP contribution in [0.5, 0.6) is 0 Å². The molecule has 52 valence electrons. The Morgan fingerprint density at radius 2 is 2.20 bits per heavy atom. The van der Waals surface area contributed by atoms with E-state index >= 15 is 0 Å². The first-order valence-corrected chi connectivity index (χ1v) is 3.71. The highest BCUT2D eigenvalue weighted by atomic mass is 14.1. The number of hydrogen-bond acceptors (Lipinski definition) is 0. The van der Waals surface area contributed by atoms with Crippen molar-refractivity contribution in [2.75, 3.05) is 0 Å². The molecule has 1 aliphatic rings. The van der Waals surface area contributed by atoms with Crippen molar-refractivity contribution in [3.05, 3.63) is 36.0 Å². The van der Waals surface area contributed by atoms with Crippen molar-refractivity contribution in [1.29, 1.82) is 0 Å².